The highest BCUT2D eigenvalue weighted by atomic mass is 79.9. The van der Waals surface area contributed by atoms with Gasteiger partial charge in [-0.1, -0.05) is 28.1 Å². The summed E-state index contributed by atoms with van der Waals surface area (Å²) in [5, 5.41) is 2.94. The van der Waals surface area contributed by atoms with Gasteiger partial charge in [0.15, 0.2) is 0 Å². The Bertz CT molecular complexity index is 811. The van der Waals surface area contributed by atoms with Gasteiger partial charge in [0.1, 0.15) is 5.75 Å². The molecule has 2 aromatic rings. The number of benzene rings is 2. The molecule has 2 aromatic carbocycles. The molecule has 5 heteroatoms. The molecule has 0 saturated heterocycles. The number of ether oxygens (including phenoxy) is 1. The number of carbonyl (C=O) groups excluding carboxylic acids is 1. The summed E-state index contributed by atoms with van der Waals surface area (Å²) in [6.45, 7) is 4.59. The van der Waals surface area contributed by atoms with Gasteiger partial charge >= 0.3 is 0 Å². The van der Waals surface area contributed by atoms with Gasteiger partial charge in [-0.2, -0.15) is 0 Å². The number of carbonyl (C=O) groups is 1. The van der Waals surface area contributed by atoms with E-state index in [1.54, 1.807) is 0 Å². The molecule has 1 aliphatic rings. The number of amides is 1. The molecule has 0 aromatic heterocycles. The normalized spacial score (nSPS) is 14.8. The van der Waals surface area contributed by atoms with Gasteiger partial charge < -0.3 is 10.1 Å². The largest absolute Gasteiger partial charge is 0.494 e. The van der Waals surface area contributed by atoms with Crippen molar-refractivity contribution in [2.45, 2.75) is 13.8 Å². The van der Waals surface area contributed by atoms with Crippen LogP contribution < -0.4 is 10.1 Å². The summed E-state index contributed by atoms with van der Waals surface area (Å²) in [6, 6.07) is 9.67. The molecule has 1 amide bonds. The minimum atomic E-state index is -0.0872. The number of halogens is 2. The Kier molecular flexibility index (Phi) is 4.60. The molecule has 0 atom stereocenters. The van der Waals surface area contributed by atoms with Crippen LogP contribution in [0.4, 0.5) is 5.69 Å². The summed E-state index contributed by atoms with van der Waals surface area (Å²) in [6.07, 6.45) is 1.91. The smallest absolute Gasteiger partial charge is 0.256 e. The number of fused-ring (bicyclic) bond motifs is 1. The van der Waals surface area contributed by atoms with E-state index in [2.05, 4.69) is 37.2 Å². The van der Waals surface area contributed by atoms with Crippen molar-refractivity contribution >= 4 is 55.1 Å². The number of nitrogens with one attached hydrogen (secondary N) is 1. The van der Waals surface area contributed by atoms with Crippen LogP contribution in [0.25, 0.3) is 11.6 Å². The third-order valence-electron chi connectivity index (χ3n) is 3.73. The summed E-state index contributed by atoms with van der Waals surface area (Å²) in [7, 11) is 0. The van der Waals surface area contributed by atoms with E-state index in [0.717, 1.165) is 37.1 Å². The van der Waals surface area contributed by atoms with Gasteiger partial charge in [-0.3, -0.25) is 4.79 Å². The maximum absolute atomic E-state index is 12.4. The molecule has 1 N–H and O–H groups in total. The van der Waals surface area contributed by atoms with Crippen LogP contribution in [0, 0.1) is 6.92 Å². The zero-order valence-electron chi connectivity index (χ0n) is 12.7. The van der Waals surface area contributed by atoms with E-state index in [9.17, 15) is 4.79 Å². The fourth-order valence-corrected chi connectivity index (χ4v) is 3.86. The highest BCUT2D eigenvalue weighted by molar-refractivity contribution is 9.11. The predicted octanol–water partition coefficient (Wildman–Crippen LogP) is 5.41. The Morgan fingerprint density at radius 2 is 1.87 bits per heavy atom. The molecule has 0 bridgehead atoms. The number of anilines is 1. The summed E-state index contributed by atoms with van der Waals surface area (Å²) in [4.78, 5) is 12.4. The van der Waals surface area contributed by atoms with Crippen LogP contribution in [-0.4, -0.2) is 12.5 Å². The van der Waals surface area contributed by atoms with Crippen LogP contribution >= 0.6 is 31.9 Å². The van der Waals surface area contributed by atoms with E-state index in [0.29, 0.717) is 12.2 Å². The summed E-state index contributed by atoms with van der Waals surface area (Å²) < 4.78 is 7.28. The van der Waals surface area contributed by atoms with E-state index in [1.807, 2.05) is 50.3 Å². The first kappa shape index (κ1) is 16.3. The molecule has 118 valence electrons. The van der Waals surface area contributed by atoms with Gasteiger partial charge in [-0.05, 0) is 65.2 Å². The van der Waals surface area contributed by atoms with Crippen molar-refractivity contribution < 1.29 is 9.53 Å². The maximum Gasteiger partial charge on any atom is 0.256 e. The molecule has 0 saturated carbocycles. The minimum Gasteiger partial charge on any atom is -0.494 e. The third kappa shape index (κ3) is 3.08. The predicted molar refractivity (Wildman–Crippen MR) is 101 cm³/mol. The van der Waals surface area contributed by atoms with Crippen LogP contribution in [0.1, 0.15) is 23.6 Å². The average Bonchev–Trinajstić information content (AvgIpc) is 2.85. The van der Waals surface area contributed by atoms with Crippen molar-refractivity contribution in [3.8, 4) is 5.75 Å². The fourth-order valence-electron chi connectivity index (χ4n) is 2.60. The van der Waals surface area contributed by atoms with Crippen LogP contribution in [0.2, 0.25) is 0 Å². The monoisotopic (exact) mass is 435 g/mol. The van der Waals surface area contributed by atoms with E-state index < -0.39 is 0 Å². The van der Waals surface area contributed by atoms with E-state index >= 15 is 0 Å². The molecule has 0 fully saturated rings. The van der Waals surface area contributed by atoms with Gasteiger partial charge in [0, 0.05) is 20.1 Å². The van der Waals surface area contributed by atoms with Crippen molar-refractivity contribution in [1.82, 2.24) is 0 Å². The van der Waals surface area contributed by atoms with E-state index in [4.69, 9.17) is 4.74 Å². The molecule has 1 heterocycles. The van der Waals surface area contributed by atoms with Crippen LogP contribution in [0.15, 0.2) is 39.3 Å². The minimum absolute atomic E-state index is 0.0872. The van der Waals surface area contributed by atoms with Crippen molar-refractivity contribution in [3.63, 3.8) is 0 Å². The Labute approximate surface area is 152 Å². The number of hydrogen-bond acceptors (Lipinski definition) is 2. The van der Waals surface area contributed by atoms with Crippen molar-refractivity contribution in [2.24, 2.45) is 0 Å². The second kappa shape index (κ2) is 6.49. The topological polar surface area (TPSA) is 38.3 Å². The Balaban J connectivity index is 2.06. The second-order valence-corrected chi connectivity index (χ2v) is 6.94. The summed E-state index contributed by atoms with van der Waals surface area (Å²) >= 11 is 7.06. The highest BCUT2D eigenvalue weighted by Crippen LogP contribution is 2.43. The number of rotatable bonds is 3. The third-order valence-corrected chi connectivity index (χ3v) is 5.18. The molecule has 0 aliphatic carbocycles. The standard InChI is InChI=1S/C18H15Br2NO2/c1-3-23-12-6-4-11(5-7-12)8-13-16-10(2)14(19)9-15(20)17(16)21-18(13)22/h4-9H,3H2,1-2H3,(H,21,22). The molecular weight excluding hydrogens is 422 g/mol. The molecule has 3 nitrogen and oxygen atoms in total. The van der Waals surface area contributed by atoms with Gasteiger partial charge in [0.2, 0.25) is 0 Å². The van der Waals surface area contributed by atoms with Crippen molar-refractivity contribution in [2.75, 3.05) is 11.9 Å². The van der Waals surface area contributed by atoms with Crippen LogP contribution in [0.3, 0.4) is 0 Å². The lowest BCUT2D eigenvalue weighted by Gasteiger charge is -2.08. The Morgan fingerprint density at radius 1 is 1.17 bits per heavy atom. The molecule has 3 rings (SSSR count). The summed E-state index contributed by atoms with van der Waals surface area (Å²) in [5.74, 6) is 0.739. The zero-order chi connectivity index (χ0) is 16.6. The molecule has 0 unspecified atom stereocenters. The lowest BCUT2D eigenvalue weighted by atomic mass is 9.99. The lowest BCUT2D eigenvalue weighted by Crippen LogP contribution is -2.03. The SMILES string of the molecule is CCOc1ccc(C=C2C(=O)Nc3c(Br)cc(Br)c(C)c32)cc1. The Hall–Kier alpha value is -1.59. The van der Waals surface area contributed by atoms with Gasteiger partial charge in [-0.25, -0.2) is 0 Å². The van der Waals surface area contributed by atoms with Gasteiger partial charge in [-0.15, -0.1) is 0 Å². The average molecular weight is 437 g/mol. The van der Waals surface area contributed by atoms with Gasteiger partial charge in [0.25, 0.3) is 5.91 Å². The summed E-state index contributed by atoms with van der Waals surface area (Å²) in [5.41, 5.74) is 4.43. The Morgan fingerprint density at radius 3 is 2.52 bits per heavy atom. The first-order chi connectivity index (χ1) is 11.0. The second-order valence-electron chi connectivity index (χ2n) is 5.23. The van der Waals surface area contributed by atoms with Crippen molar-refractivity contribution in [3.05, 3.63) is 56.0 Å². The molecule has 1 aliphatic heterocycles. The first-order valence-electron chi connectivity index (χ1n) is 7.26. The molecule has 0 radical (unpaired) electrons. The quantitative estimate of drug-likeness (QED) is 0.653. The molecular formula is C18H15Br2NO2. The van der Waals surface area contributed by atoms with Crippen LogP contribution in [-0.2, 0) is 4.79 Å². The first-order valence-corrected chi connectivity index (χ1v) is 8.84. The lowest BCUT2D eigenvalue weighted by molar-refractivity contribution is -0.110. The number of hydrogen-bond donors (Lipinski definition) is 1. The molecule has 23 heavy (non-hydrogen) atoms. The van der Waals surface area contributed by atoms with Crippen molar-refractivity contribution in [1.29, 1.82) is 0 Å². The molecule has 0 spiro atoms. The highest BCUT2D eigenvalue weighted by Gasteiger charge is 2.28. The fraction of sp³-hybridized carbons (Fsp3) is 0.167. The van der Waals surface area contributed by atoms with E-state index in [1.165, 1.54) is 0 Å². The zero-order valence-corrected chi connectivity index (χ0v) is 15.9. The van der Waals surface area contributed by atoms with Gasteiger partial charge in [0.05, 0.1) is 12.3 Å². The maximum atomic E-state index is 12.4. The van der Waals surface area contributed by atoms with E-state index in [-0.39, 0.29) is 5.91 Å². The van der Waals surface area contributed by atoms with Crippen LogP contribution in [0.5, 0.6) is 5.75 Å².